The SMILES string of the molecule is Cc1nc2c(=O)n(C)c(=O)[nH]c2n1S. The summed E-state index contributed by atoms with van der Waals surface area (Å²) in [7, 11) is 1.40. The van der Waals surface area contributed by atoms with Crippen molar-refractivity contribution in [1.82, 2.24) is 18.5 Å². The van der Waals surface area contributed by atoms with Gasteiger partial charge in [0.15, 0.2) is 11.2 Å². The Morgan fingerprint density at radius 3 is 2.71 bits per heavy atom. The highest BCUT2D eigenvalue weighted by atomic mass is 32.1. The first kappa shape index (κ1) is 9.07. The normalized spacial score (nSPS) is 11.1. The largest absolute Gasteiger partial charge is 0.329 e. The van der Waals surface area contributed by atoms with Crippen LogP contribution in [-0.4, -0.2) is 18.5 Å². The molecule has 0 amide bonds. The first-order valence-electron chi connectivity index (χ1n) is 3.90. The van der Waals surface area contributed by atoms with E-state index in [-0.39, 0.29) is 5.52 Å². The van der Waals surface area contributed by atoms with Crippen LogP contribution in [-0.2, 0) is 7.05 Å². The van der Waals surface area contributed by atoms with Crippen molar-refractivity contribution in [3.63, 3.8) is 0 Å². The van der Waals surface area contributed by atoms with E-state index in [4.69, 9.17) is 0 Å². The fourth-order valence-corrected chi connectivity index (χ4v) is 1.41. The molecule has 0 aliphatic heterocycles. The summed E-state index contributed by atoms with van der Waals surface area (Å²) in [4.78, 5) is 29.3. The summed E-state index contributed by atoms with van der Waals surface area (Å²) in [5.74, 6) is 0.558. The number of aryl methyl sites for hydroxylation is 1. The van der Waals surface area contributed by atoms with Gasteiger partial charge in [0, 0.05) is 7.05 Å². The van der Waals surface area contributed by atoms with E-state index in [1.807, 2.05) is 0 Å². The minimum Gasteiger partial charge on any atom is -0.291 e. The lowest BCUT2D eigenvalue weighted by molar-refractivity contribution is 0.790. The van der Waals surface area contributed by atoms with Crippen LogP contribution in [0, 0.1) is 6.92 Å². The highest BCUT2D eigenvalue weighted by Crippen LogP contribution is 2.08. The summed E-state index contributed by atoms with van der Waals surface area (Å²) in [6.45, 7) is 1.70. The van der Waals surface area contributed by atoms with Gasteiger partial charge in [-0.05, 0) is 6.92 Å². The Morgan fingerprint density at radius 2 is 2.07 bits per heavy atom. The predicted octanol–water partition coefficient (Wildman–Crippen LogP) is -0.575. The lowest BCUT2D eigenvalue weighted by atomic mass is 10.5. The summed E-state index contributed by atoms with van der Waals surface area (Å²) < 4.78 is 2.35. The van der Waals surface area contributed by atoms with Gasteiger partial charge in [-0.25, -0.2) is 9.78 Å². The van der Waals surface area contributed by atoms with E-state index < -0.39 is 11.2 Å². The number of H-pyrrole nitrogens is 1. The molecule has 1 N–H and O–H groups in total. The monoisotopic (exact) mass is 212 g/mol. The Balaban J connectivity index is 3.14. The van der Waals surface area contributed by atoms with Crippen LogP contribution in [0.4, 0.5) is 0 Å². The second-order valence-corrected chi connectivity index (χ2v) is 3.36. The molecule has 0 radical (unpaired) electrons. The molecule has 2 rings (SSSR count). The maximum absolute atomic E-state index is 11.5. The third kappa shape index (κ3) is 1.02. The maximum Gasteiger partial charge on any atom is 0.329 e. The van der Waals surface area contributed by atoms with Crippen LogP contribution < -0.4 is 11.2 Å². The molecule has 14 heavy (non-hydrogen) atoms. The average Bonchev–Trinajstić information content (AvgIpc) is 2.42. The standard InChI is InChI=1S/C7H8N4O2S/c1-3-8-4-5(11(3)14)9-7(13)10(2)6(4)12/h14H,1-2H3,(H,9,13). The van der Waals surface area contributed by atoms with Crippen LogP contribution in [0.2, 0.25) is 0 Å². The molecule has 0 saturated carbocycles. The summed E-state index contributed by atoms with van der Waals surface area (Å²) in [6.07, 6.45) is 0. The number of nitrogens with one attached hydrogen (secondary N) is 1. The number of fused-ring (bicyclic) bond motifs is 1. The van der Waals surface area contributed by atoms with Crippen molar-refractivity contribution in [2.45, 2.75) is 6.92 Å². The summed E-state index contributed by atoms with van der Waals surface area (Å²) >= 11 is 4.08. The maximum atomic E-state index is 11.5. The van der Waals surface area contributed by atoms with Crippen molar-refractivity contribution >= 4 is 24.0 Å². The Labute approximate surface area is 83.7 Å². The van der Waals surface area contributed by atoms with Crippen LogP contribution >= 0.6 is 12.8 Å². The average molecular weight is 212 g/mol. The summed E-state index contributed by atoms with van der Waals surface area (Å²) in [5, 5.41) is 0. The third-order valence-corrected chi connectivity index (χ3v) is 2.54. The zero-order valence-corrected chi connectivity index (χ0v) is 8.50. The fourth-order valence-electron chi connectivity index (χ4n) is 1.22. The highest BCUT2D eigenvalue weighted by Gasteiger charge is 2.11. The molecule has 0 aliphatic rings. The summed E-state index contributed by atoms with van der Waals surface area (Å²) in [5.41, 5.74) is -0.337. The molecule has 74 valence electrons. The van der Waals surface area contributed by atoms with Crippen LogP contribution in [0.5, 0.6) is 0 Å². The van der Waals surface area contributed by atoms with Gasteiger partial charge in [-0.3, -0.25) is 18.3 Å². The van der Waals surface area contributed by atoms with Crippen molar-refractivity contribution in [1.29, 1.82) is 0 Å². The zero-order valence-electron chi connectivity index (χ0n) is 7.61. The Bertz CT molecular complexity index is 621. The number of aromatic amines is 1. The van der Waals surface area contributed by atoms with Crippen LogP contribution in [0.25, 0.3) is 11.2 Å². The zero-order chi connectivity index (χ0) is 10.5. The van der Waals surface area contributed by atoms with E-state index in [1.165, 1.54) is 11.0 Å². The van der Waals surface area contributed by atoms with Crippen molar-refractivity contribution < 1.29 is 0 Å². The van der Waals surface area contributed by atoms with Gasteiger partial charge in [-0.15, -0.1) is 0 Å². The number of hydrogen-bond donors (Lipinski definition) is 2. The molecule has 0 aromatic carbocycles. The minimum absolute atomic E-state index is 0.222. The molecule has 2 heterocycles. The number of thiol groups is 1. The van der Waals surface area contributed by atoms with E-state index >= 15 is 0 Å². The van der Waals surface area contributed by atoms with E-state index in [0.717, 1.165) is 4.57 Å². The van der Waals surface area contributed by atoms with Gasteiger partial charge in [0.25, 0.3) is 5.56 Å². The molecule has 6 nitrogen and oxygen atoms in total. The quantitative estimate of drug-likeness (QED) is 0.574. The highest BCUT2D eigenvalue weighted by molar-refractivity contribution is 7.78. The molecule has 2 aromatic rings. The van der Waals surface area contributed by atoms with E-state index in [9.17, 15) is 9.59 Å². The van der Waals surface area contributed by atoms with E-state index in [2.05, 4.69) is 22.8 Å². The number of rotatable bonds is 0. The third-order valence-electron chi connectivity index (χ3n) is 2.05. The Kier molecular flexibility index (Phi) is 1.78. The molecule has 2 aromatic heterocycles. The molecule has 0 spiro atoms. The molecule has 0 aliphatic carbocycles. The fraction of sp³-hybridized carbons (Fsp3) is 0.286. The lowest BCUT2D eigenvalue weighted by Crippen LogP contribution is -2.32. The second-order valence-electron chi connectivity index (χ2n) is 2.96. The van der Waals surface area contributed by atoms with Crippen LogP contribution in [0.15, 0.2) is 9.59 Å². The van der Waals surface area contributed by atoms with Crippen LogP contribution in [0.1, 0.15) is 5.82 Å². The Hall–Kier alpha value is -1.50. The molecule has 0 atom stereocenters. The first-order chi connectivity index (χ1) is 6.52. The van der Waals surface area contributed by atoms with E-state index in [1.54, 1.807) is 6.92 Å². The molecule has 0 unspecified atom stereocenters. The van der Waals surface area contributed by atoms with E-state index in [0.29, 0.717) is 11.5 Å². The van der Waals surface area contributed by atoms with Gasteiger partial charge in [-0.2, -0.15) is 0 Å². The smallest absolute Gasteiger partial charge is 0.291 e. The molecule has 0 fully saturated rings. The van der Waals surface area contributed by atoms with Gasteiger partial charge >= 0.3 is 5.69 Å². The number of imidazole rings is 1. The number of aromatic nitrogens is 4. The number of nitrogens with zero attached hydrogens (tertiary/aromatic N) is 3. The second kappa shape index (κ2) is 2.74. The topological polar surface area (TPSA) is 72.7 Å². The van der Waals surface area contributed by atoms with Gasteiger partial charge in [-0.1, -0.05) is 12.8 Å². The van der Waals surface area contributed by atoms with Gasteiger partial charge in [0.1, 0.15) is 5.82 Å². The minimum atomic E-state index is -0.474. The lowest BCUT2D eigenvalue weighted by Gasteiger charge is -1.96. The van der Waals surface area contributed by atoms with Gasteiger partial charge in [0.05, 0.1) is 0 Å². The van der Waals surface area contributed by atoms with Crippen molar-refractivity contribution in [2.24, 2.45) is 7.05 Å². The number of hydrogen-bond acceptors (Lipinski definition) is 4. The van der Waals surface area contributed by atoms with Crippen molar-refractivity contribution in [3.8, 4) is 0 Å². The molecule has 7 heteroatoms. The Morgan fingerprint density at radius 1 is 1.43 bits per heavy atom. The first-order valence-corrected chi connectivity index (χ1v) is 4.30. The van der Waals surface area contributed by atoms with Crippen molar-refractivity contribution in [3.05, 3.63) is 26.7 Å². The van der Waals surface area contributed by atoms with Crippen LogP contribution in [0.3, 0.4) is 0 Å². The molecular formula is C7H8N4O2S. The van der Waals surface area contributed by atoms with Crippen molar-refractivity contribution in [2.75, 3.05) is 0 Å². The summed E-state index contributed by atoms with van der Waals surface area (Å²) in [6, 6.07) is 0. The molecule has 0 saturated heterocycles. The molecule has 0 bridgehead atoms. The van der Waals surface area contributed by atoms with Gasteiger partial charge < -0.3 is 0 Å². The van der Waals surface area contributed by atoms with Gasteiger partial charge in [0.2, 0.25) is 0 Å². The molecular weight excluding hydrogens is 204 g/mol. The predicted molar refractivity (Wildman–Crippen MR) is 54.7 cm³/mol.